The van der Waals surface area contributed by atoms with Crippen LogP contribution in [0.3, 0.4) is 0 Å². The third-order valence-electron chi connectivity index (χ3n) is 3.08. The maximum absolute atomic E-state index is 13.9. The number of ether oxygens (including phenoxy) is 1. The van der Waals surface area contributed by atoms with Crippen LogP contribution in [0, 0.1) is 11.6 Å². The number of hydrogen-bond acceptors (Lipinski definition) is 2. The Bertz CT molecular complexity index is 619. The molecule has 0 fully saturated rings. The molecule has 2 N–H and O–H groups in total. The quantitative estimate of drug-likeness (QED) is 0.930. The van der Waals surface area contributed by atoms with Crippen LogP contribution in [-0.2, 0) is 6.42 Å². The van der Waals surface area contributed by atoms with Gasteiger partial charge in [-0.05, 0) is 30.2 Å². The molecule has 1 atom stereocenters. The topological polar surface area (TPSA) is 35.2 Å². The van der Waals surface area contributed by atoms with Crippen LogP contribution in [0.25, 0.3) is 0 Å². The fraction of sp³-hybridized carbons (Fsp3) is 0.200. The zero-order valence-corrected chi connectivity index (χ0v) is 11.6. The molecule has 0 saturated carbocycles. The summed E-state index contributed by atoms with van der Waals surface area (Å²) in [5.41, 5.74) is 6.81. The Kier molecular flexibility index (Phi) is 4.57. The zero-order valence-electron chi connectivity index (χ0n) is 10.9. The van der Waals surface area contributed by atoms with E-state index < -0.39 is 17.7 Å². The Morgan fingerprint density at radius 2 is 1.80 bits per heavy atom. The lowest BCUT2D eigenvalue weighted by Gasteiger charge is -2.17. The van der Waals surface area contributed by atoms with E-state index in [-0.39, 0.29) is 17.0 Å². The molecule has 106 valence electrons. The van der Waals surface area contributed by atoms with Crippen LogP contribution < -0.4 is 10.5 Å². The number of hydrogen-bond donors (Lipinski definition) is 1. The van der Waals surface area contributed by atoms with Crippen molar-refractivity contribution in [1.82, 2.24) is 0 Å². The molecule has 0 aliphatic carbocycles. The van der Waals surface area contributed by atoms with Crippen molar-refractivity contribution in [3.63, 3.8) is 0 Å². The van der Waals surface area contributed by atoms with Crippen LogP contribution in [-0.4, -0.2) is 7.11 Å². The minimum atomic E-state index is -0.676. The number of methoxy groups -OCH3 is 1. The van der Waals surface area contributed by atoms with Gasteiger partial charge in [-0.1, -0.05) is 29.8 Å². The molecular weight excluding hydrogens is 284 g/mol. The second kappa shape index (κ2) is 6.20. The van der Waals surface area contributed by atoms with Gasteiger partial charge in [0.2, 0.25) is 0 Å². The van der Waals surface area contributed by atoms with E-state index in [2.05, 4.69) is 0 Å². The highest BCUT2D eigenvalue weighted by atomic mass is 35.5. The molecule has 5 heteroatoms. The Hall–Kier alpha value is -1.65. The lowest BCUT2D eigenvalue weighted by molar-refractivity contribution is 0.399. The fourth-order valence-corrected chi connectivity index (χ4v) is 2.30. The van der Waals surface area contributed by atoms with E-state index >= 15 is 0 Å². The molecule has 0 amide bonds. The lowest BCUT2D eigenvalue weighted by Crippen LogP contribution is -2.16. The molecule has 2 nitrogen and oxygen atoms in total. The number of rotatable bonds is 4. The highest BCUT2D eigenvalue weighted by molar-refractivity contribution is 6.31. The van der Waals surface area contributed by atoms with Crippen molar-refractivity contribution in [1.29, 1.82) is 0 Å². The van der Waals surface area contributed by atoms with Gasteiger partial charge in [-0.25, -0.2) is 8.78 Å². The first-order chi connectivity index (χ1) is 9.54. The highest BCUT2D eigenvalue weighted by Gasteiger charge is 2.19. The van der Waals surface area contributed by atoms with Crippen molar-refractivity contribution in [2.45, 2.75) is 12.5 Å². The molecule has 2 rings (SSSR count). The van der Waals surface area contributed by atoms with Crippen LogP contribution in [0.5, 0.6) is 5.75 Å². The summed E-state index contributed by atoms with van der Waals surface area (Å²) in [5.74, 6) is -0.605. The predicted octanol–water partition coefficient (Wildman–Crippen LogP) is 3.87. The first kappa shape index (κ1) is 14.8. The van der Waals surface area contributed by atoms with Crippen molar-refractivity contribution >= 4 is 11.6 Å². The first-order valence-corrected chi connectivity index (χ1v) is 6.43. The van der Waals surface area contributed by atoms with Gasteiger partial charge < -0.3 is 10.5 Å². The summed E-state index contributed by atoms with van der Waals surface area (Å²) in [6, 6.07) is 8.28. The molecule has 0 bridgehead atoms. The van der Waals surface area contributed by atoms with Gasteiger partial charge in [0.05, 0.1) is 12.1 Å². The summed E-state index contributed by atoms with van der Waals surface area (Å²) in [5, 5.41) is 0.0123. The van der Waals surface area contributed by atoms with Gasteiger partial charge in [0.15, 0.2) is 0 Å². The van der Waals surface area contributed by atoms with Crippen LogP contribution >= 0.6 is 11.6 Å². The number of benzene rings is 2. The molecule has 2 aromatic carbocycles. The van der Waals surface area contributed by atoms with Crippen molar-refractivity contribution in [3.8, 4) is 5.75 Å². The molecule has 2 aromatic rings. The first-order valence-electron chi connectivity index (χ1n) is 6.05. The van der Waals surface area contributed by atoms with Crippen LogP contribution in [0.2, 0.25) is 5.02 Å². The van der Waals surface area contributed by atoms with Gasteiger partial charge in [-0.3, -0.25) is 0 Å². The van der Waals surface area contributed by atoms with Crippen molar-refractivity contribution in [2.75, 3.05) is 7.11 Å². The van der Waals surface area contributed by atoms with E-state index in [4.69, 9.17) is 22.1 Å². The van der Waals surface area contributed by atoms with E-state index in [1.54, 1.807) is 24.3 Å². The monoisotopic (exact) mass is 297 g/mol. The van der Waals surface area contributed by atoms with Gasteiger partial charge in [0, 0.05) is 11.6 Å². The maximum Gasteiger partial charge on any atom is 0.142 e. The zero-order chi connectivity index (χ0) is 14.7. The summed E-state index contributed by atoms with van der Waals surface area (Å²) in [6.45, 7) is 0. The van der Waals surface area contributed by atoms with Gasteiger partial charge in [-0.15, -0.1) is 0 Å². The van der Waals surface area contributed by atoms with Crippen LogP contribution in [0.15, 0.2) is 36.4 Å². The smallest absolute Gasteiger partial charge is 0.142 e. The summed E-state index contributed by atoms with van der Waals surface area (Å²) in [7, 11) is 1.44. The predicted molar refractivity (Wildman–Crippen MR) is 75.0 cm³/mol. The SMILES string of the molecule is COc1cccc(F)c1C(N)Cc1cccc(F)c1Cl. The molecule has 0 aliphatic rings. The van der Waals surface area contributed by atoms with E-state index in [0.29, 0.717) is 11.3 Å². The standard InChI is InChI=1S/C15H14ClF2NO/c1-20-13-7-3-5-10(17)14(13)12(19)8-9-4-2-6-11(18)15(9)16/h2-7,12H,8,19H2,1H3. The minimum absolute atomic E-state index is 0.0123. The normalized spacial score (nSPS) is 12.2. The molecule has 0 radical (unpaired) electrons. The minimum Gasteiger partial charge on any atom is -0.496 e. The van der Waals surface area contributed by atoms with E-state index in [9.17, 15) is 8.78 Å². The largest absolute Gasteiger partial charge is 0.496 e. The van der Waals surface area contributed by atoms with Gasteiger partial charge >= 0.3 is 0 Å². The fourth-order valence-electron chi connectivity index (χ4n) is 2.10. The molecule has 0 spiro atoms. The van der Waals surface area contributed by atoms with Crippen molar-refractivity contribution in [2.24, 2.45) is 5.73 Å². The van der Waals surface area contributed by atoms with Gasteiger partial charge in [0.1, 0.15) is 17.4 Å². The van der Waals surface area contributed by atoms with E-state index in [0.717, 1.165) is 0 Å². The third kappa shape index (κ3) is 2.92. The van der Waals surface area contributed by atoms with E-state index in [1.807, 2.05) is 0 Å². The average molecular weight is 298 g/mol. The number of nitrogens with two attached hydrogens (primary N) is 1. The molecular formula is C15H14ClF2NO. The molecule has 0 aliphatic heterocycles. The highest BCUT2D eigenvalue weighted by Crippen LogP contribution is 2.30. The van der Waals surface area contributed by atoms with Crippen LogP contribution in [0.4, 0.5) is 8.78 Å². The molecule has 0 heterocycles. The van der Waals surface area contributed by atoms with Gasteiger partial charge in [-0.2, -0.15) is 0 Å². The Morgan fingerprint density at radius 3 is 2.50 bits per heavy atom. The van der Waals surface area contributed by atoms with Crippen molar-refractivity contribution in [3.05, 3.63) is 64.2 Å². The second-order valence-electron chi connectivity index (χ2n) is 4.38. The summed E-state index contributed by atoms with van der Waals surface area (Å²) in [6.07, 6.45) is 0.216. The van der Waals surface area contributed by atoms with Crippen molar-refractivity contribution < 1.29 is 13.5 Å². The molecule has 1 unspecified atom stereocenters. The second-order valence-corrected chi connectivity index (χ2v) is 4.76. The summed E-state index contributed by atoms with van der Waals surface area (Å²) >= 11 is 5.88. The third-order valence-corrected chi connectivity index (χ3v) is 3.50. The Balaban J connectivity index is 2.33. The Morgan fingerprint density at radius 1 is 1.15 bits per heavy atom. The van der Waals surface area contributed by atoms with Crippen LogP contribution in [0.1, 0.15) is 17.2 Å². The van der Waals surface area contributed by atoms with E-state index in [1.165, 1.54) is 19.2 Å². The Labute approximate surface area is 121 Å². The molecule has 0 saturated heterocycles. The summed E-state index contributed by atoms with van der Waals surface area (Å²) in [4.78, 5) is 0. The molecule has 20 heavy (non-hydrogen) atoms. The maximum atomic E-state index is 13.9. The lowest BCUT2D eigenvalue weighted by atomic mass is 9.98. The molecule has 0 aromatic heterocycles. The van der Waals surface area contributed by atoms with Gasteiger partial charge in [0.25, 0.3) is 0 Å². The average Bonchev–Trinajstić information content (AvgIpc) is 2.43. The summed E-state index contributed by atoms with van der Waals surface area (Å²) < 4.78 is 32.4. The number of halogens is 3.